The van der Waals surface area contributed by atoms with Gasteiger partial charge in [-0.15, -0.1) is 0 Å². The molecule has 0 aromatic carbocycles. The second kappa shape index (κ2) is 3.32. The summed E-state index contributed by atoms with van der Waals surface area (Å²) >= 11 is 0. The summed E-state index contributed by atoms with van der Waals surface area (Å²) in [6.07, 6.45) is 3.14. The number of hydrogen-bond acceptors (Lipinski definition) is 3. The molecule has 3 aliphatic heterocycles. The lowest BCUT2D eigenvalue weighted by Crippen LogP contribution is -2.54. The van der Waals surface area contributed by atoms with E-state index in [0.717, 1.165) is 25.4 Å². The Morgan fingerprint density at radius 2 is 2.00 bits per heavy atom. The summed E-state index contributed by atoms with van der Waals surface area (Å²) in [4.78, 5) is 2.32. The molecule has 2 atom stereocenters. The van der Waals surface area contributed by atoms with E-state index >= 15 is 0 Å². The Kier molecular flexibility index (Phi) is 2.35. The van der Waals surface area contributed by atoms with Crippen LogP contribution in [0.25, 0.3) is 0 Å². The maximum atomic E-state index is 9.51. The van der Waals surface area contributed by atoms with Crippen molar-refractivity contribution in [3.05, 3.63) is 0 Å². The van der Waals surface area contributed by atoms with E-state index in [2.05, 4.69) is 4.90 Å². The van der Waals surface area contributed by atoms with E-state index in [1.54, 1.807) is 0 Å². The standard InChI is InChI=1S/C9H17NO2/c11-6-9(12)8-5-7-1-3-10(8)4-2-7/h7-9,11-12H,1-6H2. The van der Waals surface area contributed by atoms with Gasteiger partial charge in [-0.2, -0.15) is 0 Å². The van der Waals surface area contributed by atoms with E-state index in [0.29, 0.717) is 0 Å². The molecule has 3 rings (SSSR count). The van der Waals surface area contributed by atoms with Crippen LogP contribution in [0.15, 0.2) is 0 Å². The Hall–Kier alpha value is -0.120. The first-order valence-corrected chi connectivity index (χ1v) is 4.84. The quantitative estimate of drug-likeness (QED) is 0.606. The molecule has 2 N–H and O–H groups in total. The molecule has 0 spiro atoms. The van der Waals surface area contributed by atoms with Crippen molar-refractivity contribution < 1.29 is 10.2 Å². The van der Waals surface area contributed by atoms with Crippen LogP contribution in [0, 0.1) is 5.92 Å². The fraction of sp³-hybridized carbons (Fsp3) is 1.00. The van der Waals surface area contributed by atoms with Crippen LogP contribution in [0.5, 0.6) is 0 Å². The van der Waals surface area contributed by atoms with Gasteiger partial charge in [-0.05, 0) is 38.3 Å². The number of nitrogens with zero attached hydrogens (tertiary/aromatic N) is 1. The van der Waals surface area contributed by atoms with E-state index in [1.807, 2.05) is 0 Å². The molecule has 0 amide bonds. The average Bonchev–Trinajstić information content (AvgIpc) is 2.18. The first-order chi connectivity index (χ1) is 5.81. The topological polar surface area (TPSA) is 43.7 Å². The van der Waals surface area contributed by atoms with Crippen molar-refractivity contribution in [3.8, 4) is 0 Å². The first kappa shape index (κ1) is 8.48. The zero-order valence-corrected chi connectivity index (χ0v) is 7.32. The summed E-state index contributed by atoms with van der Waals surface area (Å²) in [6.45, 7) is 2.15. The van der Waals surface area contributed by atoms with Gasteiger partial charge in [0, 0.05) is 6.04 Å². The van der Waals surface area contributed by atoms with Crippen LogP contribution >= 0.6 is 0 Å². The molecular weight excluding hydrogens is 154 g/mol. The van der Waals surface area contributed by atoms with E-state index in [1.165, 1.54) is 12.8 Å². The van der Waals surface area contributed by atoms with Crippen molar-refractivity contribution in [2.45, 2.75) is 31.4 Å². The summed E-state index contributed by atoms with van der Waals surface area (Å²) < 4.78 is 0. The SMILES string of the molecule is OCC(O)C1CC2CCN1CC2. The highest BCUT2D eigenvalue weighted by atomic mass is 16.3. The van der Waals surface area contributed by atoms with Gasteiger partial charge in [0.2, 0.25) is 0 Å². The molecule has 0 aromatic heterocycles. The summed E-state index contributed by atoms with van der Waals surface area (Å²) in [5, 5.41) is 18.4. The predicted octanol–water partition coefficient (Wildman–Crippen LogP) is -0.176. The molecule has 0 saturated carbocycles. The van der Waals surface area contributed by atoms with Crippen molar-refractivity contribution in [2.75, 3.05) is 19.7 Å². The molecule has 12 heavy (non-hydrogen) atoms. The smallest absolute Gasteiger partial charge is 0.0925 e. The van der Waals surface area contributed by atoms with Gasteiger partial charge in [0.25, 0.3) is 0 Å². The molecule has 2 unspecified atom stereocenters. The van der Waals surface area contributed by atoms with Gasteiger partial charge >= 0.3 is 0 Å². The molecule has 3 fully saturated rings. The number of rotatable bonds is 2. The first-order valence-electron chi connectivity index (χ1n) is 4.84. The van der Waals surface area contributed by atoms with Crippen LogP contribution in [-0.4, -0.2) is 47.0 Å². The van der Waals surface area contributed by atoms with Gasteiger partial charge in [0.1, 0.15) is 0 Å². The third-order valence-electron chi connectivity index (χ3n) is 3.32. The van der Waals surface area contributed by atoms with Crippen molar-refractivity contribution in [2.24, 2.45) is 5.92 Å². The zero-order chi connectivity index (χ0) is 8.55. The van der Waals surface area contributed by atoms with Gasteiger partial charge in [-0.1, -0.05) is 0 Å². The Balaban J connectivity index is 1.99. The number of fused-ring (bicyclic) bond motifs is 3. The van der Waals surface area contributed by atoms with Crippen molar-refractivity contribution in [3.63, 3.8) is 0 Å². The molecule has 0 aromatic rings. The predicted molar refractivity (Wildman–Crippen MR) is 45.8 cm³/mol. The fourth-order valence-corrected chi connectivity index (χ4v) is 2.53. The van der Waals surface area contributed by atoms with Crippen LogP contribution in [0.4, 0.5) is 0 Å². The van der Waals surface area contributed by atoms with Gasteiger partial charge in [-0.3, -0.25) is 4.90 Å². The fourth-order valence-electron chi connectivity index (χ4n) is 2.53. The molecule has 0 aliphatic carbocycles. The molecular formula is C9H17NO2. The van der Waals surface area contributed by atoms with Gasteiger partial charge < -0.3 is 10.2 Å². The summed E-state index contributed by atoms with van der Waals surface area (Å²) in [7, 11) is 0. The number of aliphatic hydroxyl groups excluding tert-OH is 2. The van der Waals surface area contributed by atoms with E-state index in [-0.39, 0.29) is 12.6 Å². The lowest BCUT2D eigenvalue weighted by atomic mass is 9.81. The third-order valence-corrected chi connectivity index (χ3v) is 3.32. The van der Waals surface area contributed by atoms with E-state index < -0.39 is 6.10 Å². The number of piperidine rings is 3. The van der Waals surface area contributed by atoms with Crippen LogP contribution in [0.2, 0.25) is 0 Å². The van der Waals surface area contributed by atoms with E-state index in [4.69, 9.17) is 5.11 Å². The largest absolute Gasteiger partial charge is 0.394 e. The minimum absolute atomic E-state index is 0.0894. The normalized spacial score (nSPS) is 43.0. The van der Waals surface area contributed by atoms with Crippen LogP contribution in [0.3, 0.4) is 0 Å². The summed E-state index contributed by atoms with van der Waals surface area (Å²) in [6, 6.07) is 0.238. The second-order valence-electron chi connectivity index (χ2n) is 4.03. The van der Waals surface area contributed by atoms with Crippen molar-refractivity contribution in [1.29, 1.82) is 0 Å². The maximum absolute atomic E-state index is 9.51. The van der Waals surface area contributed by atoms with Gasteiger partial charge in [-0.25, -0.2) is 0 Å². The monoisotopic (exact) mass is 171 g/mol. The molecule has 3 aliphatic rings. The maximum Gasteiger partial charge on any atom is 0.0925 e. The second-order valence-corrected chi connectivity index (χ2v) is 4.03. The minimum atomic E-state index is -0.520. The minimum Gasteiger partial charge on any atom is -0.394 e. The lowest BCUT2D eigenvalue weighted by molar-refractivity contribution is -0.0452. The summed E-state index contributed by atoms with van der Waals surface area (Å²) in [5.74, 6) is 0.807. The molecule has 3 heterocycles. The van der Waals surface area contributed by atoms with Crippen LogP contribution in [-0.2, 0) is 0 Å². The average molecular weight is 171 g/mol. The molecule has 3 heteroatoms. The molecule has 0 radical (unpaired) electrons. The molecule has 2 bridgehead atoms. The summed E-state index contributed by atoms with van der Waals surface area (Å²) in [5.41, 5.74) is 0. The van der Waals surface area contributed by atoms with Crippen LogP contribution in [0.1, 0.15) is 19.3 Å². The highest BCUT2D eigenvalue weighted by molar-refractivity contribution is 4.91. The Bertz CT molecular complexity index is 155. The zero-order valence-electron chi connectivity index (χ0n) is 7.32. The van der Waals surface area contributed by atoms with Crippen LogP contribution < -0.4 is 0 Å². The van der Waals surface area contributed by atoms with E-state index in [9.17, 15) is 5.11 Å². The van der Waals surface area contributed by atoms with Gasteiger partial charge in [0.05, 0.1) is 12.7 Å². The molecule has 3 nitrogen and oxygen atoms in total. The third kappa shape index (κ3) is 1.37. The highest BCUT2D eigenvalue weighted by Crippen LogP contribution is 2.32. The molecule has 3 saturated heterocycles. The van der Waals surface area contributed by atoms with Crippen molar-refractivity contribution >= 4 is 0 Å². The number of hydrogen-bond donors (Lipinski definition) is 2. The Labute approximate surface area is 73.0 Å². The molecule has 70 valence electrons. The van der Waals surface area contributed by atoms with Gasteiger partial charge in [0.15, 0.2) is 0 Å². The van der Waals surface area contributed by atoms with Crippen molar-refractivity contribution in [1.82, 2.24) is 4.90 Å². The Morgan fingerprint density at radius 1 is 1.33 bits per heavy atom. The highest BCUT2D eigenvalue weighted by Gasteiger charge is 2.36. The lowest BCUT2D eigenvalue weighted by Gasteiger charge is -2.46. The number of aliphatic hydroxyl groups is 2. The Morgan fingerprint density at radius 3 is 2.42 bits per heavy atom.